The minimum absolute atomic E-state index is 0.0644. The van der Waals surface area contributed by atoms with Crippen LogP contribution < -0.4 is 10.9 Å². The van der Waals surface area contributed by atoms with Crippen LogP contribution in [0.2, 0.25) is 0 Å². The van der Waals surface area contributed by atoms with Gasteiger partial charge in [-0.05, 0) is 27.2 Å². The number of carbonyl (C=O) groups excluding carboxylic acids is 1. The maximum atomic E-state index is 11.0. The first kappa shape index (κ1) is 11.2. The van der Waals surface area contributed by atoms with Gasteiger partial charge in [-0.25, -0.2) is 5.43 Å². The lowest BCUT2D eigenvalue weighted by Crippen LogP contribution is -2.50. The molecule has 0 spiro atoms. The highest BCUT2D eigenvalue weighted by Gasteiger charge is 2.14. The third kappa shape index (κ3) is 4.13. The Kier molecular flexibility index (Phi) is 3.96. The molecule has 0 aromatic rings. The molecule has 0 saturated carbocycles. The summed E-state index contributed by atoms with van der Waals surface area (Å²) in [5.74, 6) is -0.156. The molecule has 0 bridgehead atoms. The Hall–Kier alpha value is -0.830. The van der Waals surface area contributed by atoms with Crippen LogP contribution in [0.3, 0.4) is 0 Å². The molecular weight excluding hydrogens is 152 g/mol. The molecule has 0 aliphatic heterocycles. The van der Waals surface area contributed by atoms with Crippen molar-refractivity contribution < 1.29 is 4.79 Å². The summed E-state index contributed by atoms with van der Waals surface area (Å²) in [7, 11) is 0. The normalized spacial score (nSPS) is 11.0. The van der Waals surface area contributed by atoms with E-state index in [0.717, 1.165) is 6.42 Å². The topological polar surface area (TPSA) is 41.1 Å². The van der Waals surface area contributed by atoms with Crippen LogP contribution in [-0.2, 0) is 4.79 Å². The van der Waals surface area contributed by atoms with Gasteiger partial charge < -0.3 is 0 Å². The molecule has 0 saturated heterocycles. The molecule has 0 aliphatic rings. The Bertz CT molecular complexity index is 185. The Balaban J connectivity index is 3.83. The maximum Gasteiger partial charge on any atom is 0.260 e. The van der Waals surface area contributed by atoms with Crippen molar-refractivity contribution in [2.45, 2.75) is 39.7 Å². The largest absolute Gasteiger partial charge is 0.287 e. The molecular formula is C9H18N2O. The molecule has 12 heavy (non-hydrogen) atoms. The quantitative estimate of drug-likeness (QED) is 0.494. The van der Waals surface area contributed by atoms with Gasteiger partial charge in [-0.2, -0.15) is 0 Å². The number of hydrazine groups is 1. The van der Waals surface area contributed by atoms with Crippen molar-refractivity contribution >= 4 is 5.91 Å². The third-order valence-electron chi connectivity index (χ3n) is 1.79. The highest BCUT2D eigenvalue weighted by Crippen LogP contribution is 2.04. The van der Waals surface area contributed by atoms with Crippen LogP contribution >= 0.6 is 0 Å². The van der Waals surface area contributed by atoms with Gasteiger partial charge in [-0.3, -0.25) is 10.2 Å². The van der Waals surface area contributed by atoms with Crippen LogP contribution in [0.4, 0.5) is 0 Å². The van der Waals surface area contributed by atoms with Crippen molar-refractivity contribution in [3.8, 4) is 0 Å². The summed E-state index contributed by atoms with van der Waals surface area (Å²) in [6.07, 6.45) is 0.948. The van der Waals surface area contributed by atoms with E-state index in [1.165, 1.54) is 0 Å². The van der Waals surface area contributed by atoms with E-state index in [2.05, 4.69) is 24.4 Å². The fourth-order valence-electron chi connectivity index (χ4n) is 0.421. The second-order valence-electron chi connectivity index (χ2n) is 3.60. The second kappa shape index (κ2) is 4.26. The van der Waals surface area contributed by atoms with Crippen molar-refractivity contribution in [3.05, 3.63) is 12.2 Å². The molecule has 0 radical (unpaired) electrons. The summed E-state index contributed by atoms with van der Waals surface area (Å²) in [5, 5.41) is 0. The third-order valence-corrected chi connectivity index (χ3v) is 1.79. The van der Waals surface area contributed by atoms with Crippen molar-refractivity contribution in [3.63, 3.8) is 0 Å². The highest BCUT2D eigenvalue weighted by atomic mass is 16.2. The zero-order chi connectivity index (χ0) is 9.78. The van der Waals surface area contributed by atoms with Gasteiger partial charge in [0.1, 0.15) is 0 Å². The standard InChI is InChI=1S/C9H18N2O/c1-6-9(4,5)11-10-8(12)7(2)3/h11H,2,6H2,1,3-5H3,(H,10,12). The molecule has 0 heterocycles. The van der Waals surface area contributed by atoms with Gasteiger partial charge in [0.15, 0.2) is 0 Å². The van der Waals surface area contributed by atoms with Crippen molar-refractivity contribution in [2.75, 3.05) is 0 Å². The minimum atomic E-state index is -0.156. The van der Waals surface area contributed by atoms with Gasteiger partial charge in [-0.1, -0.05) is 13.5 Å². The summed E-state index contributed by atoms with van der Waals surface area (Å²) < 4.78 is 0. The Morgan fingerprint density at radius 2 is 2.00 bits per heavy atom. The lowest BCUT2D eigenvalue weighted by Gasteiger charge is -2.24. The molecule has 2 N–H and O–H groups in total. The van der Waals surface area contributed by atoms with E-state index in [1.807, 2.05) is 13.8 Å². The second-order valence-corrected chi connectivity index (χ2v) is 3.60. The van der Waals surface area contributed by atoms with Crippen molar-refractivity contribution in [1.29, 1.82) is 0 Å². The zero-order valence-electron chi connectivity index (χ0n) is 8.32. The molecule has 0 aromatic carbocycles. The van der Waals surface area contributed by atoms with Crippen molar-refractivity contribution in [2.24, 2.45) is 0 Å². The van der Waals surface area contributed by atoms with Gasteiger partial charge in [0.25, 0.3) is 5.91 Å². The molecule has 0 unspecified atom stereocenters. The van der Waals surface area contributed by atoms with E-state index in [0.29, 0.717) is 5.57 Å². The number of amides is 1. The number of hydrogen-bond acceptors (Lipinski definition) is 2. The summed E-state index contributed by atoms with van der Waals surface area (Å²) >= 11 is 0. The van der Waals surface area contributed by atoms with Crippen LogP contribution in [0.15, 0.2) is 12.2 Å². The minimum Gasteiger partial charge on any atom is -0.287 e. The van der Waals surface area contributed by atoms with Gasteiger partial charge in [-0.15, -0.1) is 0 Å². The molecule has 70 valence electrons. The monoisotopic (exact) mass is 170 g/mol. The summed E-state index contributed by atoms with van der Waals surface area (Å²) in [6.45, 7) is 11.3. The maximum absolute atomic E-state index is 11.0. The SMILES string of the molecule is C=C(C)C(=O)NNC(C)(C)CC. The lowest BCUT2D eigenvalue weighted by molar-refractivity contribution is -0.118. The first-order valence-corrected chi connectivity index (χ1v) is 4.12. The molecule has 3 heteroatoms. The molecule has 0 aliphatic carbocycles. The summed E-state index contributed by atoms with van der Waals surface area (Å²) in [4.78, 5) is 11.0. The average Bonchev–Trinajstić information content (AvgIpc) is 2.00. The molecule has 0 aromatic heterocycles. The van der Waals surface area contributed by atoms with Crippen molar-refractivity contribution in [1.82, 2.24) is 10.9 Å². The van der Waals surface area contributed by atoms with Crippen LogP contribution in [0.5, 0.6) is 0 Å². The molecule has 3 nitrogen and oxygen atoms in total. The summed E-state index contributed by atoms with van der Waals surface area (Å²) in [5.41, 5.74) is 5.96. The van der Waals surface area contributed by atoms with E-state index >= 15 is 0 Å². The first-order chi connectivity index (χ1) is 5.39. The van der Waals surface area contributed by atoms with Gasteiger partial charge >= 0.3 is 0 Å². The molecule has 0 rings (SSSR count). The Morgan fingerprint density at radius 1 is 1.50 bits per heavy atom. The van der Waals surface area contributed by atoms with Gasteiger partial charge in [0.05, 0.1) is 0 Å². The van der Waals surface area contributed by atoms with Crippen LogP contribution in [0.25, 0.3) is 0 Å². The van der Waals surface area contributed by atoms with E-state index in [9.17, 15) is 4.79 Å². The van der Waals surface area contributed by atoms with E-state index < -0.39 is 0 Å². The van der Waals surface area contributed by atoms with Crippen LogP contribution in [-0.4, -0.2) is 11.4 Å². The smallest absolute Gasteiger partial charge is 0.260 e. The van der Waals surface area contributed by atoms with Gasteiger partial charge in [0.2, 0.25) is 0 Å². The van der Waals surface area contributed by atoms with Gasteiger partial charge in [0, 0.05) is 11.1 Å². The molecule has 0 atom stereocenters. The average molecular weight is 170 g/mol. The number of rotatable bonds is 4. The summed E-state index contributed by atoms with van der Waals surface area (Å²) in [6, 6.07) is 0. The predicted molar refractivity (Wildman–Crippen MR) is 50.5 cm³/mol. The molecule has 0 fully saturated rings. The fourth-order valence-corrected chi connectivity index (χ4v) is 0.421. The zero-order valence-corrected chi connectivity index (χ0v) is 8.32. The lowest BCUT2D eigenvalue weighted by atomic mass is 10.0. The van der Waals surface area contributed by atoms with Crippen LogP contribution in [0, 0.1) is 0 Å². The Morgan fingerprint density at radius 3 is 2.33 bits per heavy atom. The van der Waals surface area contributed by atoms with E-state index in [4.69, 9.17) is 0 Å². The highest BCUT2D eigenvalue weighted by molar-refractivity contribution is 5.91. The number of hydrogen-bond donors (Lipinski definition) is 2. The van der Waals surface area contributed by atoms with Crippen LogP contribution in [0.1, 0.15) is 34.1 Å². The Labute approximate surface area is 74.2 Å². The fraction of sp³-hybridized carbons (Fsp3) is 0.667. The predicted octanol–water partition coefficient (Wildman–Crippen LogP) is 1.37. The number of nitrogens with one attached hydrogen (secondary N) is 2. The number of carbonyl (C=O) groups is 1. The van der Waals surface area contributed by atoms with E-state index in [-0.39, 0.29) is 11.4 Å². The first-order valence-electron chi connectivity index (χ1n) is 4.12. The molecule has 1 amide bonds. The van der Waals surface area contributed by atoms with E-state index in [1.54, 1.807) is 6.92 Å².